The van der Waals surface area contributed by atoms with Crippen LogP contribution in [0, 0.1) is 0 Å². The van der Waals surface area contributed by atoms with Gasteiger partial charge in [0.15, 0.2) is 0 Å². The maximum Gasteiger partial charge on any atom is 0.336 e. The van der Waals surface area contributed by atoms with Gasteiger partial charge in [-0.2, -0.15) is 0 Å². The lowest BCUT2D eigenvalue weighted by Crippen LogP contribution is -2.34. The average Bonchev–Trinajstić information content (AvgIpc) is 3.25. The lowest BCUT2D eigenvalue weighted by Gasteiger charge is -2.19. The molecule has 1 aromatic heterocycles. The van der Waals surface area contributed by atoms with Crippen LogP contribution >= 0.6 is 0 Å². The van der Waals surface area contributed by atoms with Crippen molar-refractivity contribution in [2.45, 2.75) is 46.6 Å². The molecule has 3 aromatic carbocycles. The van der Waals surface area contributed by atoms with Gasteiger partial charge < -0.3 is 19.9 Å². The number of hydrogen-bond acceptors (Lipinski definition) is 3. The van der Waals surface area contributed by atoms with Gasteiger partial charge in [-0.3, -0.25) is 0 Å². The third-order valence-corrected chi connectivity index (χ3v) is 6.65. The molecule has 1 heterocycles. The minimum atomic E-state index is -0.936. The van der Waals surface area contributed by atoms with E-state index in [1.54, 1.807) is 17.0 Å². The Labute approximate surface area is 217 Å². The third-order valence-electron chi connectivity index (χ3n) is 6.65. The van der Waals surface area contributed by atoms with Gasteiger partial charge in [-0.25, -0.2) is 14.6 Å². The molecule has 0 aliphatic rings. The van der Waals surface area contributed by atoms with Crippen molar-refractivity contribution in [3.8, 4) is 11.1 Å². The number of carbonyl (C=O) groups excluding carboxylic acids is 1. The van der Waals surface area contributed by atoms with Gasteiger partial charge in [-0.05, 0) is 61.2 Å². The van der Waals surface area contributed by atoms with Crippen molar-refractivity contribution in [2.24, 2.45) is 0 Å². The number of nitrogens with one attached hydrogen (secondary N) is 1. The summed E-state index contributed by atoms with van der Waals surface area (Å²) in [5, 5.41) is 12.6. The number of hydrogen-bond donors (Lipinski definition) is 2. The van der Waals surface area contributed by atoms with Crippen molar-refractivity contribution >= 4 is 28.7 Å². The highest BCUT2D eigenvalue weighted by Gasteiger charge is 2.15. The van der Waals surface area contributed by atoms with Crippen molar-refractivity contribution in [1.82, 2.24) is 14.5 Å². The van der Waals surface area contributed by atoms with Crippen LogP contribution in [-0.2, 0) is 13.0 Å². The van der Waals surface area contributed by atoms with Crippen LogP contribution in [0.4, 0.5) is 10.5 Å². The second-order valence-electron chi connectivity index (χ2n) is 9.07. The fourth-order valence-corrected chi connectivity index (χ4v) is 4.56. The second-order valence-corrected chi connectivity index (χ2v) is 9.07. The summed E-state index contributed by atoms with van der Waals surface area (Å²) in [7, 11) is 0. The Morgan fingerprint density at radius 1 is 0.973 bits per heavy atom. The van der Waals surface area contributed by atoms with Crippen LogP contribution in [0.25, 0.3) is 22.2 Å². The van der Waals surface area contributed by atoms with Gasteiger partial charge in [-0.1, -0.05) is 55.8 Å². The molecule has 37 heavy (non-hydrogen) atoms. The second kappa shape index (κ2) is 11.7. The Morgan fingerprint density at radius 2 is 1.70 bits per heavy atom. The SMILES string of the molecule is CCCCc1nc2ccc(NC(=O)N(CC)CC)cc2n1Cc1ccc(-c2ccccc2C(=O)O)cc1. The molecule has 7 nitrogen and oxygen atoms in total. The molecule has 0 saturated carbocycles. The zero-order valence-corrected chi connectivity index (χ0v) is 21.7. The van der Waals surface area contributed by atoms with E-state index in [0.717, 1.165) is 52.9 Å². The molecule has 192 valence electrons. The van der Waals surface area contributed by atoms with E-state index in [0.29, 0.717) is 25.2 Å². The molecule has 0 fully saturated rings. The molecule has 4 rings (SSSR count). The number of carboxylic acids is 1. The number of aromatic nitrogens is 2. The van der Waals surface area contributed by atoms with Gasteiger partial charge in [0.05, 0.1) is 16.6 Å². The summed E-state index contributed by atoms with van der Waals surface area (Å²) >= 11 is 0. The van der Waals surface area contributed by atoms with Crippen LogP contribution in [0.2, 0.25) is 0 Å². The van der Waals surface area contributed by atoms with Crippen molar-refractivity contribution in [1.29, 1.82) is 0 Å². The van der Waals surface area contributed by atoms with Crippen LogP contribution < -0.4 is 5.32 Å². The van der Waals surface area contributed by atoms with Crippen LogP contribution in [0.1, 0.15) is 55.4 Å². The molecule has 0 bridgehead atoms. The van der Waals surface area contributed by atoms with E-state index in [4.69, 9.17) is 4.98 Å². The first-order valence-corrected chi connectivity index (χ1v) is 12.9. The van der Waals surface area contributed by atoms with Crippen LogP contribution in [0.3, 0.4) is 0 Å². The standard InChI is InChI=1S/C30H34N4O3/c1-4-7-12-28-32-26-18-17-23(31-30(37)33(5-2)6-3)19-27(26)34(28)20-21-13-15-22(16-14-21)24-10-8-9-11-25(24)29(35)36/h8-11,13-19H,4-7,12,20H2,1-3H3,(H,31,37)(H,35,36). The Bertz CT molecular complexity index is 1390. The van der Waals surface area contributed by atoms with E-state index in [1.165, 1.54) is 0 Å². The molecule has 0 aliphatic heterocycles. The van der Waals surface area contributed by atoms with Crippen molar-refractivity contribution in [2.75, 3.05) is 18.4 Å². The number of aromatic carboxylic acids is 1. The predicted molar refractivity (Wildman–Crippen MR) is 148 cm³/mol. The zero-order chi connectivity index (χ0) is 26.4. The summed E-state index contributed by atoms with van der Waals surface area (Å²) < 4.78 is 2.22. The lowest BCUT2D eigenvalue weighted by molar-refractivity contribution is 0.0697. The quantitative estimate of drug-likeness (QED) is 0.256. The number of amides is 2. The number of unbranched alkanes of at least 4 members (excludes halogenated alkanes) is 1. The lowest BCUT2D eigenvalue weighted by atomic mass is 9.99. The summed E-state index contributed by atoms with van der Waals surface area (Å²) in [6, 6.07) is 20.8. The molecule has 7 heteroatoms. The van der Waals surface area contributed by atoms with Gasteiger partial charge >= 0.3 is 12.0 Å². The minimum Gasteiger partial charge on any atom is -0.478 e. The molecule has 2 amide bonds. The summed E-state index contributed by atoms with van der Waals surface area (Å²) in [4.78, 5) is 30.9. The van der Waals surface area contributed by atoms with E-state index >= 15 is 0 Å². The van der Waals surface area contributed by atoms with Crippen LogP contribution in [-0.4, -0.2) is 44.6 Å². The number of urea groups is 1. The summed E-state index contributed by atoms with van der Waals surface area (Å²) in [6.45, 7) is 8.03. The number of aryl methyl sites for hydroxylation is 1. The Kier molecular flexibility index (Phi) is 8.23. The van der Waals surface area contributed by atoms with E-state index in [1.807, 2.05) is 68.4 Å². The number of benzene rings is 3. The Hall–Kier alpha value is -4.13. The molecule has 0 radical (unpaired) electrons. The van der Waals surface area contributed by atoms with Crippen LogP contribution in [0.5, 0.6) is 0 Å². The monoisotopic (exact) mass is 498 g/mol. The first-order chi connectivity index (χ1) is 17.9. The van der Waals surface area contributed by atoms with Gasteiger partial charge in [0, 0.05) is 31.7 Å². The normalized spacial score (nSPS) is 11.0. The van der Waals surface area contributed by atoms with E-state index < -0.39 is 5.97 Å². The predicted octanol–water partition coefficient (Wildman–Crippen LogP) is 6.67. The molecule has 0 atom stereocenters. The van der Waals surface area contributed by atoms with Gasteiger partial charge in [0.25, 0.3) is 0 Å². The highest BCUT2D eigenvalue weighted by Crippen LogP contribution is 2.26. The summed E-state index contributed by atoms with van der Waals surface area (Å²) in [5.74, 6) is 0.0818. The van der Waals surface area contributed by atoms with E-state index in [-0.39, 0.29) is 11.6 Å². The Balaban J connectivity index is 1.66. The highest BCUT2D eigenvalue weighted by atomic mass is 16.4. The van der Waals surface area contributed by atoms with E-state index in [9.17, 15) is 14.7 Å². The fourth-order valence-electron chi connectivity index (χ4n) is 4.56. The number of anilines is 1. The molecular weight excluding hydrogens is 464 g/mol. The van der Waals surface area contributed by atoms with E-state index in [2.05, 4.69) is 16.8 Å². The van der Waals surface area contributed by atoms with Crippen molar-refractivity contribution < 1.29 is 14.7 Å². The van der Waals surface area contributed by atoms with Crippen molar-refractivity contribution in [3.05, 3.63) is 83.7 Å². The molecule has 2 N–H and O–H groups in total. The smallest absolute Gasteiger partial charge is 0.336 e. The number of nitrogens with zero attached hydrogens (tertiary/aromatic N) is 3. The van der Waals surface area contributed by atoms with Crippen LogP contribution in [0.15, 0.2) is 66.7 Å². The molecule has 0 aliphatic carbocycles. The first-order valence-electron chi connectivity index (χ1n) is 12.9. The molecule has 0 saturated heterocycles. The number of rotatable bonds is 10. The topological polar surface area (TPSA) is 87.5 Å². The maximum absolute atomic E-state index is 12.6. The zero-order valence-electron chi connectivity index (χ0n) is 21.7. The van der Waals surface area contributed by atoms with Crippen molar-refractivity contribution in [3.63, 3.8) is 0 Å². The fraction of sp³-hybridized carbons (Fsp3) is 0.300. The first kappa shape index (κ1) is 25.9. The van der Waals surface area contributed by atoms with Gasteiger partial charge in [0.1, 0.15) is 5.82 Å². The highest BCUT2D eigenvalue weighted by molar-refractivity contribution is 5.96. The maximum atomic E-state index is 12.6. The third kappa shape index (κ3) is 5.82. The summed E-state index contributed by atoms with van der Waals surface area (Å²) in [5.41, 5.74) is 5.57. The number of imidazole rings is 1. The number of carbonyl (C=O) groups is 2. The molecular formula is C30H34N4O3. The molecule has 0 unspecified atom stereocenters. The Morgan fingerprint density at radius 3 is 2.38 bits per heavy atom. The van der Waals surface area contributed by atoms with Gasteiger partial charge in [0.2, 0.25) is 0 Å². The average molecular weight is 499 g/mol. The minimum absolute atomic E-state index is 0.112. The van der Waals surface area contributed by atoms with Gasteiger partial charge in [-0.15, -0.1) is 0 Å². The molecule has 0 spiro atoms. The number of fused-ring (bicyclic) bond motifs is 1. The summed E-state index contributed by atoms with van der Waals surface area (Å²) in [6.07, 6.45) is 2.99. The number of carboxylic acid groups (broad SMARTS) is 1. The molecule has 4 aromatic rings. The largest absolute Gasteiger partial charge is 0.478 e.